The summed E-state index contributed by atoms with van der Waals surface area (Å²) < 4.78 is 0. The maximum absolute atomic E-state index is 12.9. The summed E-state index contributed by atoms with van der Waals surface area (Å²) in [5, 5.41) is 0.856. The molecule has 0 aliphatic heterocycles. The number of thiazole rings is 1. The van der Waals surface area contributed by atoms with Gasteiger partial charge in [-0.1, -0.05) is 30.3 Å². The van der Waals surface area contributed by atoms with Crippen LogP contribution in [-0.2, 0) is 6.54 Å². The van der Waals surface area contributed by atoms with Crippen molar-refractivity contribution in [2.45, 2.75) is 20.4 Å². The van der Waals surface area contributed by atoms with E-state index in [1.807, 2.05) is 61.2 Å². The molecule has 0 saturated carbocycles. The Morgan fingerprint density at radius 2 is 1.83 bits per heavy atom. The number of pyridine rings is 1. The molecule has 0 spiro atoms. The van der Waals surface area contributed by atoms with Crippen LogP contribution >= 0.6 is 11.3 Å². The fourth-order valence-corrected chi connectivity index (χ4v) is 3.53. The highest BCUT2D eigenvalue weighted by atomic mass is 32.1. The average Bonchev–Trinajstić information content (AvgIpc) is 3.02. The lowest BCUT2D eigenvalue weighted by molar-refractivity contribution is 0.0756. The number of aryl methyl sites for hydroxylation is 1. The van der Waals surface area contributed by atoms with Gasteiger partial charge in [0.25, 0.3) is 5.91 Å². The number of nitrogens with zero attached hydrogens (tertiary/aromatic N) is 3. The smallest absolute Gasteiger partial charge is 0.266 e. The molecule has 0 fully saturated rings. The lowest BCUT2D eigenvalue weighted by atomic mass is 10.2. The number of carbonyl (C=O) groups excluding carboxylic acids is 1. The standard InChI is InChI=1S/C19H19N3OS/c1-3-22(13-15-7-5-4-6-8-15)19(23)17-14(2)21-18(24-17)16-9-11-20-12-10-16/h4-12H,3,13H2,1-2H3. The number of rotatable bonds is 5. The lowest BCUT2D eigenvalue weighted by Gasteiger charge is -2.20. The Morgan fingerprint density at radius 3 is 2.50 bits per heavy atom. The van der Waals surface area contributed by atoms with Crippen molar-refractivity contribution in [2.24, 2.45) is 0 Å². The van der Waals surface area contributed by atoms with Crippen LogP contribution in [0.5, 0.6) is 0 Å². The van der Waals surface area contributed by atoms with E-state index in [9.17, 15) is 4.79 Å². The van der Waals surface area contributed by atoms with Crippen LogP contribution < -0.4 is 0 Å². The third-order valence-corrected chi connectivity index (χ3v) is 5.00. The molecule has 0 unspecified atom stereocenters. The van der Waals surface area contributed by atoms with Crippen LogP contribution in [0, 0.1) is 6.92 Å². The molecule has 5 heteroatoms. The molecule has 0 aliphatic rings. The first kappa shape index (κ1) is 16.3. The summed E-state index contributed by atoms with van der Waals surface area (Å²) in [4.78, 5) is 24.1. The van der Waals surface area contributed by atoms with Crippen molar-refractivity contribution in [2.75, 3.05) is 6.54 Å². The van der Waals surface area contributed by atoms with Crippen LogP contribution in [0.15, 0.2) is 54.9 Å². The zero-order valence-corrected chi connectivity index (χ0v) is 14.6. The molecule has 0 bridgehead atoms. The molecule has 0 atom stereocenters. The van der Waals surface area contributed by atoms with Crippen molar-refractivity contribution in [3.63, 3.8) is 0 Å². The monoisotopic (exact) mass is 337 g/mol. The molecule has 2 aromatic heterocycles. The second kappa shape index (κ2) is 7.36. The van der Waals surface area contributed by atoms with Crippen molar-refractivity contribution in [1.29, 1.82) is 0 Å². The topological polar surface area (TPSA) is 46.1 Å². The molecular weight excluding hydrogens is 318 g/mol. The first-order valence-corrected chi connectivity index (χ1v) is 8.71. The molecule has 3 rings (SSSR count). The second-order valence-corrected chi connectivity index (χ2v) is 6.47. The maximum atomic E-state index is 12.9. The van der Waals surface area contributed by atoms with E-state index in [4.69, 9.17) is 0 Å². The molecular formula is C19H19N3OS. The van der Waals surface area contributed by atoms with E-state index in [1.54, 1.807) is 12.4 Å². The Balaban J connectivity index is 1.85. The minimum absolute atomic E-state index is 0.0386. The normalized spacial score (nSPS) is 10.6. The third-order valence-electron chi connectivity index (χ3n) is 3.80. The van der Waals surface area contributed by atoms with Gasteiger partial charge in [0.05, 0.1) is 5.69 Å². The van der Waals surface area contributed by atoms with Crippen molar-refractivity contribution in [1.82, 2.24) is 14.9 Å². The van der Waals surface area contributed by atoms with Crippen LogP contribution in [0.4, 0.5) is 0 Å². The summed E-state index contributed by atoms with van der Waals surface area (Å²) in [7, 11) is 0. The number of carbonyl (C=O) groups is 1. The van der Waals surface area contributed by atoms with E-state index < -0.39 is 0 Å². The second-order valence-electron chi connectivity index (χ2n) is 5.47. The molecule has 0 saturated heterocycles. The third kappa shape index (κ3) is 3.51. The number of hydrogen-bond acceptors (Lipinski definition) is 4. The molecule has 1 amide bonds. The summed E-state index contributed by atoms with van der Waals surface area (Å²) in [5.74, 6) is 0.0386. The Kier molecular flexibility index (Phi) is 5.01. The Labute approximate surface area is 145 Å². The fraction of sp³-hybridized carbons (Fsp3) is 0.211. The van der Waals surface area contributed by atoms with Gasteiger partial charge in [-0.05, 0) is 31.5 Å². The Hall–Kier alpha value is -2.53. The van der Waals surface area contributed by atoms with Crippen molar-refractivity contribution in [3.8, 4) is 10.6 Å². The average molecular weight is 337 g/mol. The number of aromatic nitrogens is 2. The van der Waals surface area contributed by atoms with Crippen molar-refractivity contribution < 1.29 is 4.79 Å². The van der Waals surface area contributed by atoms with E-state index in [1.165, 1.54) is 11.3 Å². The van der Waals surface area contributed by atoms with Crippen molar-refractivity contribution >= 4 is 17.2 Å². The van der Waals surface area contributed by atoms with Crippen LogP contribution in [0.3, 0.4) is 0 Å². The van der Waals surface area contributed by atoms with Crippen LogP contribution in [0.1, 0.15) is 27.9 Å². The molecule has 122 valence electrons. The fourth-order valence-electron chi connectivity index (χ4n) is 2.49. The number of hydrogen-bond donors (Lipinski definition) is 0. The van der Waals surface area contributed by atoms with Gasteiger partial charge in [0, 0.05) is 31.0 Å². The maximum Gasteiger partial charge on any atom is 0.266 e. The number of amides is 1. The van der Waals surface area contributed by atoms with Gasteiger partial charge in [0.15, 0.2) is 0 Å². The van der Waals surface area contributed by atoms with Gasteiger partial charge in [0.2, 0.25) is 0 Å². The van der Waals surface area contributed by atoms with Gasteiger partial charge in [0.1, 0.15) is 9.88 Å². The summed E-state index contributed by atoms with van der Waals surface area (Å²) in [6.07, 6.45) is 3.47. The van der Waals surface area contributed by atoms with Gasteiger partial charge in [-0.25, -0.2) is 4.98 Å². The molecule has 4 nitrogen and oxygen atoms in total. The van der Waals surface area contributed by atoms with Crippen LogP contribution in [-0.4, -0.2) is 27.3 Å². The molecule has 0 aliphatic carbocycles. The van der Waals surface area contributed by atoms with Crippen LogP contribution in [0.25, 0.3) is 10.6 Å². The minimum Gasteiger partial charge on any atom is -0.334 e. The predicted molar refractivity (Wildman–Crippen MR) is 96.9 cm³/mol. The van der Waals surface area contributed by atoms with E-state index in [0.29, 0.717) is 18.0 Å². The number of benzene rings is 1. The highest BCUT2D eigenvalue weighted by Crippen LogP contribution is 2.28. The molecule has 1 aromatic carbocycles. The largest absolute Gasteiger partial charge is 0.334 e. The quantitative estimate of drug-likeness (QED) is 0.702. The Morgan fingerprint density at radius 1 is 1.12 bits per heavy atom. The summed E-state index contributed by atoms with van der Waals surface area (Å²) >= 11 is 1.44. The van der Waals surface area contributed by atoms with E-state index in [-0.39, 0.29) is 5.91 Å². The first-order chi connectivity index (χ1) is 11.7. The highest BCUT2D eigenvalue weighted by molar-refractivity contribution is 7.17. The van der Waals surface area contributed by atoms with Gasteiger partial charge in [-0.2, -0.15) is 0 Å². The van der Waals surface area contributed by atoms with E-state index in [0.717, 1.165) is 21.8 Å². The van der Waals surface area contributed by atoms with Gasteiger partial charge in [-0.15, -0.1) is 11.3 Å². The SMILES string of the molecule is CCN(Cc1ccccc1)C(=O)c1sc(-c2ccncc2)nc1C. The zero-order valence-electron chi connectivity index (χ0n) is 13.8. The Bertz CT molecular complexity index is 815. The predicted octanol–water partition coefficient (Wildman–Crippen LogP) is 4.18. The first-order valence-electron chi connectivity index (χ1n) is 7.90. The van der Waals surface area contributed by atoms with Gasteiger partial charge >= 0.3 is 0 Å². The van der Waals surface area contributed by atoms with E-state index in [2.05, 4.69) is 9.97 Å². The molecule has 0 radical (unpaired) electrons. The zero-order chi connectivity index (χ0) is 16.9. The van der Waals surface area contributed by atoms with E-state index >= 15 is 0 Å². The summed E-state index contributed by atoms with van der Waals surface area (Å²) in [6, 6.07) is 13.9. The van der Waals surface area contributed by atoms with Crippen LogP contribution in [0.2, 0.25) is 0 Å². The van der Waals surface area contributed by atoms with Gasteiger partial charge in [-0.3, -0.25) is 9.78 Å². The molecule has 2 heterocycles. The van der Waals surface area contributed by atoms with Crippen molar-refractivity contribution in [3.05, 3.63) is 71.0 Å². The molecule has 3 aromatic rings. The summed E-state index contributed by atoms with van der Waals surface area (Å²) in [6.45, 7) is 5.17. The molecule has 24 heavy (non-hydrogen) atoms. The molecule has 0 N–H and O–H groups in total. The highest BCUT2D eigenvalue weighted by Gasteiger charge is 2.21. The minimum atomic E-state index is 0.0386. The van der Waals surface area contributed by atoms with Gasteiger partial charge < -0.3 is 4.90 Å². The summed E-state index contributed by atoms with van der Waals surface area (Å²) in [5.41, 5.74) is 2.90. The lowest BCUT2D eigenvalue weighted by Crippen LogP contribution is -2.30.